The molecule has 0 spiro atoms. The summed E-state index contributed by atoms with van der Waals surface area (Å²) in [6, 6.07) is 1.86. The van der Waals surface area contributed by atoms with Crippen LogP contribution in [0.1, 0.15) is 11.1 Å². The number of carbonyl (C=O) groups excluding carboxylic acids is 1. The van der Waals surface area contributed by atoms with Crippen LogP contribution in [0, 0.1) is 5.82 Å². The van der Waals surface area contributed by atoms with E-state index in [0.717, 1.165) is 18.2 Å². The van der Waals surface area contributed by atoms with E-state index in [2.05, 4.69) is 5.32 Å². The Balaban J connectivity index is 2.92. The van der Waals surface area contributed by atoms with Crippen molar-refractivity contribution >= 4 is 6.03 Å². The first-order chi connectivity index (χ1) is 7.82. The van der Waals surface area contributed by atoms with Crippen LogP contribution < -0.4 is 11.1 Å². The Morgan fingerprint density at radius 2 is 2.00 bits per heavy atom. The van der Waals surface area contributed by atoms with E-state index >= 15 is 0 Å². The summed E-state index contributed by atoms with van der Waals surface area (Å²) < 4.78 is 50.9. The molecule has 2 amide bonds. The first-order valence-electron chi connectivity index (χ1n) is 4.70. The minimum atomic E-state index is -4.62. The Bertz CT molecular complexity index is 417. The number of halogens is 4. The third-order valence-corrected chi connectivity index (χ3v) is 2.10. The maximum absolute atomic E-state index is 13.3. The Morgan fingerprint density at radius 3 is 2.53 bits per heavy atom. The molecule has 0 saturated heterocycles. The van der Waals surface area contributed by atoms with Crippen molar-refractivity contribution in [3.05, 3.63) is 35.1 Å². The number of amides is 2. The van der Waals surface area contributed by atoms with Gasteiger partial charge in [0.1, 0.15) is 5.82 Å². The van der Waals surface area contributed by atoms with Crippen molar-refractivity contribution in [1.29, 1.82) is 0 Å². The second-order valence-corrected chi connectivity index (χ2v) is 3.30. The number of hydrogen-bond donors (Lipinski definition) is 2. The molecule has 0 aliphatic heterocycles. The third-order valence-electron chi connectivity index (χ3n) is 2.10. The van der Waals surface area contributed by atoms with Gasteiger partial charge in [0.15, 0.2) is 0 Å². The van der Waals surface area contributed by atoms with Crippen molar-refractivity contribution in [2.45, 2.75) is 12.6 Å². The largest absolute Gasteiger partial charge is 0.416 e. The minimum absolute atomic E-state index is 0.153. The molecule has 3 N–H and O–H groups in total. The highest BCUT2D eigenvalue weighted by molar-refractivity contribution is 5.71. The van der Waals surface area contributed by atoms with Crippen LogP contribution in [0.4, 0.5) is 22.4 Å². The number of rotatable bonds is 3. The first kappa shape index (κ1) is 13.3. The topological polar surface area (TPSA) is 55.1 Å². The molecule has 1 rings (SSSR count). The molecule has 0 aliphatic rings. The highest BCUT2D eigenvalue weighted by atomic mass is 19.4. The van der Waals surface area contributed by atoms with Crippen LogP contribution in [0.15, 0.2) is 18.2 Å². The molecule has 7 heteroatoms. The van der Waals surface area contributed by atoms with Crippen LogP contribution in [0.2, 0.25) is 0 Å². The molecule has 3 nitrogen and oxygen atoms in total. The van der Waals surface area contributed by atoms with Crippen molar-refractivity contribution in [1.82, 2.24) is 5.32 Å². The van der Waals surface area contributed by atoms with Crippen LogP contribution in [-0.2, 0) is 12.6 Å². The van der Waals surface area contributed by atoms with E-state index in [9.17, 15) is 22.4 Å². The molecule has 94 valence electrons. The van der Waals surface area contributed by atoms with Gasteiger partial charge in [0.2, 0.25) is 0 Å². The average Bonchev–Trinajstić information content (AvgIpc) is 2.18. The van der Waals surface area contributed by atoms with E-state index in [4.69, 9.17) is 5.73 Å². The Kier molecular flexibility index (Phi) is 3.93. The molecule has 0 atom stereocenters. The fraction of sp³-hybridized carbons (Fsp3) is 0.300. The fourth-order valence-electron chi connectivity index (χ4n) is 1.39. The maximum Gasteiger partial charge on any atom is 0.416 e. The molecule has 0 unspecified atom stereocenters. The van der Waals surface area contributed by atoms with Crippen molar-refractivity contribution in [2.24, 2.45) is 5.73 Å². The predicted molar refractivity (Wildman–Crippen MR) is 52.7 cm³/mol. The summed E-state index contributed by atoms with van der Waals surface area (Å²) in [7, 11) is 0. The van der Waals surface area contributed by atoms with Crippen molar-refractivity contribution in [3.8, 4) is 0 Å². The van der Waals surface area contributed by atoms with Crippen LogP contribution in [0.5, 0.6) is 0 Å². The number of nitrogens with one attached hydrogen (secondary N) is 1. The van der Waals surface area contributed by atoms with E-state index in [-0.39, 0.29) is 13.0 Å². The smallest absolute Gasteiger partial charge is 0.352 e. The molecule has 1 aromatic carbocycles. The van der Waals surface area contributed by atoms with Gasteiger partial charge in [0, 0.05) is 12.1 Å². The van der Waals surface area contributed by atoms with Gasteiger partial charge in [-0.3, -0.25) is 0 Å². The zero-order chi connectivity index (χ0) is 13.1. The van der Waals surface area contributed by atoms with Gasteiger partial charge in [-0.15, -0.1) is 0 Å². The molecule has 1 aromatic rings. The Hall–Kier alpha value is -1.79. The molecule has 0 radical (unpaired) electrons. The van der Waals surface area contributed by atoms with Crippen LogP contribution in [-0.4, -0.2) is 12.6 Å². The minimum Gasteiger partial charge on any atom is -0.352 e. The monoisotopic (exact) mass is 250 g/mol. The number of hydrogen-bond acceptors (Lipinski definition) is 1. The van der Waals surface area contributed by atoms with Gasteiger partial charge >= 0.3 is 12.2 Å². The van der Waals surface area contributed by atoms with E-state index in [1.807, 2.05) is 0 Å². The average molecular weight is 250 g/mol. The summed E-state index contributed by atoms with van der Waals surface area (Å²) in [5.41, 5.74) is 3.24. The molecule has 0 aromatic heterocycles. The number of primary amides is 1. The lowest BCUT2D eigenvalue weighted by Gasteiger charge is -2.13. The second kappa shape index (κ2) is 5.03. The van der Waals surface area contributed by atoms with E-state index in [1.165, 1.54) is 0 Å². The predicted octanol–water partition coefficient (Wildman–Crippen LogP) is 2.06. The third kappa shape index (κ3) is 3.61. The summed E-state index contributed by atoms with van der Waals surface area (Å²) in [5, 5.41) is 2.10. The number of benzene rings is 1. The quantitative estimate of drug-likeness (QED) is 0.792. The van der Waals surface area contributed by atoms with Crippen molar-refractivity contribution < 1.29 is 22.4 Å². The van der Waals surface area contributed by atoms with E-state index in [0.29, 0.717) is 0 Å². The highest BCUT2D eigenvalue weighted by Crippen LogP contribution is 2.33. The molecule has 0 saturated carbocycles. The van der Waals surface area contributed by atoms with Gasteiger partial charge in [-0.25, -0.2) is 9.18 Å². The number of carbonyl (C=O) groups is 1. The molecule has 0 fully saturated rings. The Morgan fingerprint density at radius 1 is 1.35 bits per heavy atom. The standard InChI is InChI=1S/C10H10F4N2O/c11-8-3-1-2-7(10(12,13)14)6(8)4-5-16-9(15)17/h1-3H,4-5H2,(H3,15,16,17). The number of alkyl halides is 3. The van der Waals surface area contributed by atoms with E-state index < -0.39 is 29.2 Å². The summed E-state index contributed by atoms with van der Waals surface area (Å²) in [5.74, 6) is -0.953. The molecule has 0 heterocycles. The summed E-state index contributed by atoms with van der Waals surface area (Å²) >= 11 is 0. The Labute approximate surface area is 94.6 Å². The van der Waals surface area contributed by atoms with Gasteiger partial charge in [-0.2, -0.15) is 13.2 Å². The molecular formula is C10H10F4N2O. The van der Waals surface area contributed by atoms with Gasteiger partial charge in [0.25, 0.3) is 0 Å². The summed E-state index contributed by atoms with van der Waals surface area (Å²) in [6.07, 6.45) is -4.89. The lowest BCUT2D eigenvalue weighted by molar-refractivity contribution is -0.138. The van der Waals surface area contributed by atoms with Crippen LogP contribution >= 0.6 is 0 Å². The SMILES string of the molecule is NC(=O)NCCc1c(F)cccc1C(F)(F)F. The highest BCUT2D eigenvalue weighted by Gasteiger charge is 2.34. The van der Waals surface area contributed by atoms with Gasteiger partial charge in [0.05, 0.1) is 5.56 Å². The molecular weight excluding hydrogens is 240 g/mol. The first-order valence-corrected chi connectivity index (χ1v) is 4.70. The molecule has 0 aliphatic carbocycles. The lowest BCUT2D eigenvalue weighted by Crippen LogP contribution is -2.31. The normalized spacial score (nSPS) is 11.3. The fourth-order valence-corrected chi connectivity index (χ4v) is 1.39. The van der Waals surface area contributed by atoms with Gasteiger partial charge < -0.3 is 11.1 Å². The second-order valence-electron chi connectivity index (χ2n) is 3.30. The van der Waals surface area contributed by atoms with E-state index in [1.54, 1.807) is 0 Å². The molecule has 0 bridgehead atoms. The summed E-state index contributed by atoms with van der Waals surface area (Å²) in [6.45, 7) is -0.153. The van der Waals surface area contributed by atoms with Crippen molar-refractivity contribution in [2.75, 3.05) is 6.54 Å². The van der Waals surface area contributed by atoms with Crippen LogP contribution in [0.25, 0.3) is 0 Å². The molecule has 17 heavy (non-hydrogen) atoms. The van der Waals surface area contributed by atoms with Gasteiger partial charge in [-0.05, 0) is 18.6 Å². The van der Waals surface area contributed by atoms with Gasteiger partial charge in [-0.1, -0.05) is 6.07 Å². The number of nitrogens with two attached hydrogens (primary N) is 1. The zero-order valence-electron chi connectivity index (χ0n) is 8.64. The van der Waals surface area contributed by atoms with Crippen molar-refractivity contribution in [3.63, 3.8) is 0 Å². The summed E-state index contributed by atoms with van der Waals surface area (Å²) in [4.78, 5) is 10.4. The van der Waals surface area contributed by atoms with Crippen LogP contribution in [0.3, 0.4) is 0 Å². The maximum atomic E-state index is 13.3. The zero-order valence-corrected chi connectivity index (χ0v) is 8.64. The lowest BCUT2D eigenvalue weighted by atomic mass is 10.0. The number of urea groups is 1.